The molecule has 1 aromatic carbocycles. The Hall–Kier alpha value is -1.86. The van der Waals surface area contributed by atoms with Crippen molar-refractivity contribution in [2.75, 3.05) is 23.5 Å². The number of nitrogens with two attached hydrogens (primary N) is 1. The van der Waals surface area contributed by atoms with E-state index < -0.39 is 4.92 Å². The van der Waals surface area contributed by atoms with Crippen LogP contribution in [0, 0.1) is 10.1 Å². The summed E-state index contributed by atoms with van der Waals surface area (Å²) >= 11 is 0. The molecular weight excluding hydrogens is 236 g/mol. The molecule has 0 amide bonds. The van der Waals surface area contributed by atoms with Gasteiger partial charge in [-0.2, -0.15) is 0 Å². The molecule has 0 atom stereocenters. The van der Waals surface area contributed by atoms with Crippen molar-refractivity contribution < 1.29 is 10.0 Å². The van der Waals surface area contributed by atoms with Crippen LogP contribution in [-0.4, -0.2) is 29.2 Å². The maximum Gasteiger partial charge on any atom is 0.316 e. The predicted molar refractivity (Wildman–Crippen MR) is 68.4 cm³/mol. The van der Waals surface area contributed by atoms with Gasteiger partial charge in [-0.25, -0.2) is 0 Å². The summed E-state index contributed by atoms with van der Waals surface area (Å²) in [6, 6.07) is 5.24. The molecule has 2 rings (SSSR count). The number of aliphatic hydroxyl groups is 1. The Morgan fingerprint density at radius 1 is 1.56 bits per heavy atom. The maximum absolute atomic E-state index is 11.2. The number of para-hydroxylation sites is 1. The Bertz CT molecular complexity index is 448. The molecule has 0 spiro atoms. The number of nitro groups is 1. The molecule has 7 nitrogen and oxygen atoms in total. The third-order valence-corrected chi connectivity index (χ3v) is 2.99. The average molecular weight is 252 g/mol. The number of nitro benzene ring substituents is 1. The van der Waals surface area contributed by atoms with E-state index in [-0.39, 0.29) is 24.0 Å². The molecule has 1 aliphatic carbocycles. The highest BCUT2D eigenvalue weighted by molar-refractivity contribution is 5.77. The second kappa shape index (κ2) is 5.19. The molecule has 0 aliphatic heterocycles. The zero-order chi connectivity index (χ0) is 13.1. The molecule has 0 radical (unpaired) electrons. The van der Waals surface area contributed by atoms with E-state index in [2.05, 4.69) is 5.43 Å². The highest BCUT2D eigenvalue weighted by atomic mass is 16.6. The Balaban J connectivity index is 2.43. The first-order valence-electron chi connectivity index (χ1n) is 5.80. The van der Waals surface area contributed by atoms with Crippen LogP contribution in [0.5, 0.6) is 0 Å². The molecular formula is C11H16N4O3. The van der Waals surface area contributed by atoms with Crippen molar-refractivity contribution in [2.24, 2.45) is 5.84 Å². The van der Waals surface area contributed by atoms with E-state index in [1.807, 2.05) is 4.90 Å². The summed E-state index contributed by atoms with van der Waals surface area (Å²) in [7, 11) is 0. The van der Waals surface area contributed by atoms with E-state index in [0.29, 0.717) is 12.2 Å². The van der Waals surface area contributed by atoms with Gasteiger partial charge in [0.25, 0.3) is 0 Å². The quantitative estimate of drug-likeness (QED) is 0.393. The maximum atomic E-state index is 11.2. The minimum absolute atomic E-state index is 0.0338. The first kappa shape index (κ1) is 12.6. The fraction of sp³-hybridized carbons (Fsp3) is 0.455. The molecule has 0 unspecified atom stereocenters. The van der Waals surface area contributed by atoms with Crippen LogP contribution < -0.4 is 16.2 Å². The lowest BCUT2D eigenvalue weighted by atomic mass is 10.2. The fourth-order valence-corrected chi connectivity index (χ4v) is 2.07. The summed E-state index contributed by atoms with van der Waals surface area (Å²) in [5, 5.41) is 20.3. The molecule has 1 aromatic rings. The van der Waals surface area contributed by atoms with Crippen LogP contribution >= 0.6 is 0 Å². The Labute approximate surface area is 104 Å². The second-order valence-electron chi connectivity index (χ2n) is 4.22. The predicted octanol–water partition coefficient (Wildman–Crippen LogP) is 0.842. The van der Waals surface area contributed by atoms with Crippen molar-refractivity contribution in [2.45, 2.75) is 18.9 Å². The summed E-state index contributed by atoms with van der Waals surface area (Å²) in [5.41, 5.74) is 3.09. The van der Waals surface area contributed by atoms with Crippen LogP contribution in [0.1, 0.15) is 12.8 Å². The smallest absolute Gasteiger partial charge is 0.316 e. The molecule has 18 heavy (non-hydrogen) atoms. The molecule has 7 heteroatoms. The number of nitrogens with one attached hydrogen (secondary N) is 1. The van der Waals surface area contributed by atoms with Crippen LogP contribution in [0.25, 0.3) is 0 Å². The number of hydrogen-bond donors (Lipinski definition) is 3. The molecule has 1 fully saturated rings. The Morgan fingerprint density at radius 3 is 2.78 bits per heavy atom. The van der Waals surface area contributed by atoms with E-state index in [9.17, 15) is 10.1 Å². The molecule has 0 aromatic heterocycles. The van der Waals surface area contributed by atoms with Crippen LogP contribution in [0.3, 0.4) is 0 Å². The summed E-state index contributed by atoms with van der Waals surface area (Å²) in [5.74, 6) is 5.30. The van der Waals surface area contributed by atoms with Crippen molar-refractivity contribution in [1.82, 2.24) is 0 Å². The van der Waals surface area contributed by atoms with Crippen molar-refractivity contribution in [3.8, 4) is 0 Å². The Morgan fingerprint density at radius 2 is 2.28 bits per heavy atom. The SMILES string of the molecule is NNc1cccc(N(CCO)C2CC2)c1[N+](=O)[O-]. The van der Waals surface area contributed by atoms with Crippen molar-refractivity contribution in [3.63, 3.8) is 0 Å². The average Bonchev–Trinajstić information content (AvgIpc) is 3.19. The van der Waals surface area contributed by atoms with Gasteiger partial charge in [-0.15, -0.1) is 0 Å². The zero-order valence-corrected chi connectivity index (χ0v) is 9.87. The lowest BCUT2D eigenvalue weighted by molar-refractivity contribution is -0.383. The van der Waals surface area contributed by atoms with Gasteiger partial charge in [0.05, 0.1) is 11.5 Å². The first-order chi connectivity index (χ1) is 8.69. The molecule has 0 heterocycles. The number of aliphatic hydroxyl groups excluding tert-OH is 1. The van der Waals surface area contributed by atoms with Gasteiger partial charge in [0, 0.05) is 12.6 Å². The van der Waals surface area contributed by atoms with Gasteiger partial charge in [-0.05, 0) is 25.0 Å². The van der Waals surface area contributed by atoms with E-state index in [1.54, 1.807) is 18.2 Å². The van der Waals surface area contributed by atoms with Gasteiger partial charge in [0.15, 0.2) is 0 Å². The lowest BCUT2D eigenvalue weighted by Crippen LogP contribution is -2.29. The van der Waals surface area contributed by atoms with Crippen molar-refractivity contribution in [3.05, 3.63) is 28.3 Å². The molecule has 4 N–H and O–H groups in total. The molecule has 98 valence electrons. The number of benzene rings is 1. The highest BCUT2D eigenvalue weighted by Gasteiger charge is 2.33. The van der Waals surface area contributed by atoms with Gasteiger partial charge in [0.2, 0.25) is 0 Å². The van der Waals surface area contributed by atoms with Crippen LogP contribution in [0.4, 0.5) is 17.1 Å². The number of rotatable bonds is 6. The minimum atomic E-state index is -0.447. The number of hydrogen-bond acceptors (Lipinski definition) is 6. The number of nitrogens with zero attached hydrogens (tertiary/aromatic N) is 2. The highest BCUT2D eigenvalue weighted by Crippen LogP contribution is 2.40. The standard InChI is InChI=1S/C11H16N4O3/c12-13-9-2-1-3-10(11(9)15(17)18)14(6-7-16)8-4-5-8/h1-3,8,13,16H,4-7,12H2. The number of hydrazine groups is 1. The number of anilines is 2. The van der Waals surface area contributed by atoms with Gasteiger partial charge >= 0.3 is 5.69 Å². The zero-order valence-electron chi connectivity index (χ0n) is 9.87. The largest absolute Gasteiger partial charge is 0.395 e. The van der Waals surface area contributed by atoms with Crippen LogP contribution in [-0.2, 0) is 0 Å². The molecule has 1 aliphatic rings. The van der Waals surface area contributed by atoms with Crippen molar-refractivity contribution >= 4 is 17.1 Å². The van der Waals surface area contributed by atoms with Gasteiger partial charge in [-0.3, -0.25) is 16.0 Å². The van der Waals surface area contributed by atoms with Gasteiger partial charge in [-0.1, -0.05) is 6.07 Å². The monoisotopic (exact) mass is 252 g/mol. The van der Waals surface area contributed by atoms with Crippen molar-refractivity contribution in [1.29, 1.82) is 0 Å². The molecule has 1 saturated carbocycles. The van der Waals surface area contributed by atoms with Gasteiger partial charge in [0.1, 0.15) is 11.4 Å². The third kappa shape index (κ3) is 2.36. The topological polar surface area (TPSA) is 105 Å². The summed E-state index contributed by atoms with van der Waals surface area (Å²) in [6.07, 6.45) is 1.99. The van der Waals surface area contributed by atoms with E-state index >= 15 is 0 Å². The first-order valence-corrected chi connectivity index (χ1v) is 5.80. The van der Waals surface area contributed by atoms with E-state index in [0.717, 1.165) is 12.8 Å². The minimum Gasteiger partial charge on any atom is -0.395 e. The normalized spacial score (nSPS) is 14.3. The van der Waals surface area contributed by atoms with Gasteiger partial charge < -0.3 is 15.4 Å². The van der Waals surface area contributed by atoms with E-state index in [1.165, 1.54) is 0 Å². The van der Waals surface area contributed by atoms with Crippen LogP contribution in [0.15, 0.2) is 18.2 Å². The Kier molecular flexibility index (Phi) is 3.63. The summed E-state index contributed by atoms with van der Waals surface area (Å²) < 4.78 is 0. The molecule has 0 bridgehead atoms. The second-order valence-corrected chi connectivity index (χ2v) is 4.22. The van der Waals surface area contributed by atoms with E-state index in [4.69, 9.17) is 10.9 Å². The lowest BCUT2D eigenvalue weighted by Gasteiger charge is -2.23. The summed E-state index contributed by atoms with van der Waals surface area (Å²) in [6.45, 7) is 0.355. The number of nitrogen functional groups attached to an aromatic ring is 1. The molecule has 0 saturated heterocycles. The van der Waals surface area contributed by atoms with Crippen LogP contribution in [0.2, 0.25) is 0 Å². The third-order valence-electron chi connectivity index (χ3n) is 2.99. The fourth-order valence-electron chi connectivity index (χ4n) is 2.07. The summed E-state index contributed by atoms with van der Waals surface area (Å²) in [4.78, 5) is 12.6.